The summed E-state index contributed by atoms with van der Waals surface area (Å²) < 4.78 is 0. The number of hydrogen-bond acceptors (Lipinski definition) is 3. The van der Waals surface area contributed by atoms with Crippen LogP contribution >= 0.6 is 0 Å². The van der Waals surface area contributed by atoms with E-state index in [1.54, 1.807) is 6.07 Å². The fourth-order valence-corrected chi connectivity index (χ4v) is 3.84. The lowest BCUT2D eigenvalue weighted by Crippen LogP contribution is -2.36. The van der Waals surface area contributed by atoms with Crippen LogP contribution in [0, 0.1) is 0 Å². The van der Waals surface area contributed by atoms with Gasteiger partial charge >= 0.3 is 6.03 Å². The van der Waals surface area contributed by atoms with Gasteiger partial charge in [-0.2, -0.15) is 0 Å². The number of carbonyl (C=O) groups excluding carboxylic acids is 2. The Morgan fingerprint density at radius 3 is 2.89 bits per heavy atom. The van der Waals surface area contributed by atoms with E-state index in [4.69, 9.17) is 0 Å². The molecule has 2 aromatic rings. The van der Waals surface area contributed by atoms with Gasteiger partial charge in [0, 0.05) is 31.0 Å². The number of amides is 3. The fraction of sp³-hybridized carbons (Fsp3) is 0.333. The number of carbonyl (C=O) groups is 2. The number of hydrogen-bond donors (Lipinski definition) is 3. The van der Waals surface area contributed by atoms with Crippen molar-refractivity contribution < 1.29 is 9.59 Å². The summed E-state index contributed by atoms with van der Waals surface area (Å²) in [6, 6.07) is 15.9. The van der Waals surface area contributed by atoms with Crippen LogP contribution in [0.2, 0.25) is 0 Å². The average molecular weight is 364 g/mol. The van der Waals surface area contributed by atoms with Gasteiger partial charge in [0.2, 0.25) is 5.91 Å². The van der Waals surface area contributed by atoms with Crippen LogP contribution < -0.4 is 16.0 Å². The van der Waals surface area contributed by atoms with Crippen LogP contribution in [0.25, 0.3) is 0 Å². The van der Waals surface area contributed by atoms with E-state index >= 15 is 0 Å². The minimum Gasteiger partial charge on any atom is -0.337 e. The molecule has 4 rings (SSSR count). The Labute approximate surface area is 158 Å². The molecule has 1 fully saturated rings. The van der Waals surface area contributed by atoms with E-state index < -0.39 is 0 Å². The molecular formula is C21H24N4O2. The third-order valence-electron chi connectivity index (χ3n) is 5.25. The summed E-state index contributed by atoms with van der Waals surface area (Å²) >= 11 is 0. The molecule has 0 radical (unpaired) electrons. The van der Waals surface area contributed by atoms with E-state index in [1.165, 1.54) is 5.56 Å². The Bertz CT molecular complexity index is 837. The van der Waals surface area contributed by atoms with Gasteiger partial charge in [-0.15, -0.1) is 0 Å². The van der Waals surface area contributed by atoms with Crippen molar-refractivity contribution in [3.8, 4) is 0 Å². The predicted octanol–water partition coefficient (Wildman–Crippen LogP) is 2.79. The molecule has 0 spiro atoms. The van der Waals surface area contributed by atoms with Gasteiger partial charge in [0.15, 0.2) is 0 Å². The van der Waals surface area contributed by atoms with Crippen LogP contribution in [0.5, 0.6) is 0 Å². The molecule has 140 valence electrons. The van der Waals surface area contributed by atoms with E-state index in [-0.39, 0.29) is 11.9 Å². The van der Waals surface area contributed by atoms with E-state index in [0.29, 0.717) is 24.6 Å². The number of likely N-dealkylation sites (tertiary alicyclic amines) is 1. The molecule has 6 heteroatoms. The number of anilines is 2. The average Bonchev–Trinajstić information content (AvgIpc) is 3.28. The number of nitrogens with one attached hydrogen (secondary N) is 3. The zero-order valence-corrected chi connectivity index (χ0v) is 15.2. The van der Waals surface area contributed by atoms with Crippen LogP contribution in [0.15, 0.2) is 48.5 Å². The monoisotopic (exact) mass is 364 g/mol. The second kappa shape index (κ2) is 7.80. The van der Waals surface area contributed by atoms with Crippen LogP contribution in [0.1, 0.15) is 23.5 Å². The zero-order valence-electron chi connectivity index (χ0n) is 15.2. The van der Waals surface area contributed by atoms with Crippen LogP contribution in [-0.4, -0.2) is 43.0 Å². The van der Waals surface area contributed by atoms with E-state index in [2.05, 4.69) is 45.1 Å². The van der Waals surface area contributed by atoms with Crippen LogP contribution in [-0.2, 0) is 11.2 Å². The Morgan fingerprint density at radius 1 is 1.19 bits per heavy atom. The van der Waals surface area contributed by atoms with Gasteiger partial charge in [-0.1, -0.05) is 30.3 Å². The van der Waals surface area contributed by atoms with E-state index in [1.807, 2.05) is 18.2 Å². The quantitative estimate of drug-likeness (QED) is 0.764. The standard InChI is InChI=1S/C21H24N4O2/c26-20-13-17-12-18(6-7-19(17)24-20)23-21(27)22-9-11-25-10-8-16(14-25)15-4-2-1-3-5-15/h1-7,12,16H,8-11,13-14H2,(H,24,26)(H2,22,23,27)/t16-/m0/s1. The van der Waals surface area contributed by atoms with E-state index in [0.717, 1.165) is 37.3 Å². The Kier molecular flexibility index (Phi) is 5.07. The Hall–Kier alpha value is -2.86. The summed E-state index contributed by atoms with van der Waals surface area (Å²) in [5, 5.41) is 8.54. The van der Waals surface area contributed by atoms with Crippen molar-refractivity contribution in [3.63, 3.8) is 0 Å². The van der Waals surface area contributed by atoms with Crippen molar-refractivity contribution in [1.82, 2.24) is 10.2 Å². The molecule has 0 aromatic heterocycles. The van der Waals surface area contributed by atoms with Gasteiger partial charge < -0.3 is 20.9 Å². The van der Waals surface area contributed by atoms with Crippen molar-refractivity contribution in [2.24, 2.45) is 0 Å². The highest BCUT2D eigenvalue weighted by Crippen LogP contribution is 2.27. The van der Waals surface area contributed by atoms with Gasteiger partial charge in [0.05, 0.1) is 6.42 Å². The molecule has 0 saturated carbocycles. The maximum Gasteiger partial charge on any atom is 0.319 e. The topological polar surface area (TPSA) is 73.5 Å². The number of rotatable bonds is 5. The predicted molar refractivity (Wildman–Crippen MR) is 106 cm³/mol. The molecule has 2 aliphatic heterocycles. The first-order valence-corrected chi connectivity index (χ1v) is 9.42. The molecule has 2 heterocycles. The summed E-state index contributed by atoms with van der Waals surface area (Å²) in [7, 11) is 0. The summed E-state index contributed by atoms with van der Waals surface area (Å²) in [5.41, 5.74) is 3.85. The molecule has 1 saturated heterocycles. The van der Waals surface area contributed by atoms with Gasteiger partial charge in [0.25, 0.3) is 0 Å². The van der Waals surface area contributed by atoms with Crippen molar-refractivity contribution in [1.29, 1.82) is 0 Å². The van der Waals surface area contributed by atoms with Crippen molar-refractivity contribution in [2.45, 2.75) is 18.8 Å². The molecule has 3 N–H and O–H groups in total. The smallest absolute Gasteiger partial charge is 0.319 e. The molecule has 0 aliphatic carbocycles. The first-order valence-electron chi connectivity index (χ1n) is 9.42. The summed E-state index contributed by atoms with van der Waals surface area (Å²) in [5.74, 6) is 0.578. The SMILES string of the molecule is O=C1Cc2cc(NC(=O)NCCN3CC[C@H](c4ccccc4)C3)ccc2N1. The normalized spacial score (nSPS) is 18.8. The number of urea groups is 1. The minimum atomic E-state index is -0.217. The number of benzene rings is 2. The lowest BCUT2D eigenvalue weighted by atomic mass is 9.99. The zero-order chi connectivity index (χ0) is 18.6. The molecule has 1 atom stereocenters. The third-order valence-corrected chi connectivity index (χ3v) is 5.25. The van der Waals surface area contributed by atoms with Crippen LogP contribution in [0.4, 0.5) is 16.2 Å². The van der Waals surface area contributed by atoms with Gasteiger partial charge in [-0.3, -0.25) is 4.79 Å². The summed E-state index contributed by atoms with van der Waals surface area (Å²) in [4.78, 5) is 25.9. The number of nitrogens with zero attached hydrogens (tertiary/aromatic N) is 1. The molecule has 0 unspecified atom stereocenters. The molecule has 0 bridgehead atoms. The Balaban J connectivity index is 1.20. The number of fused-ring (bicyclic) bond motifs is 1. The molecule has 2 aromatic carbocycles. The van der Waals surface area contributed by atoms with Gasteiger partial charge in [0.1, 0.15) is 0 Å². The molecular weight excluding hydrogens is 340 g/mol. The highest BCUT2D eigenvalue weighted by atomic mass is 16.2. The first-order chi connectivity index (χ1) is 13.2. The molecule has 3 amide bonds. The summed E-state index contributed by atoms with van der Waals surface area (Å²) in [6.45, 7) is 3.56. The highest BCUT2D eigenvalue weighted by molar-refractivity contribution is 6.00. The fourth-order valence-electron chi connectivity index (χ4n) is 3.84. The third kappa shape index (κ3) is 4.28. The maximum absolute atomic E-state index is 12.1. The van der Waals surface area contributed by atoms with E-state index in [9.17, 15) is 9.59 Å². The molecule has 2 aliphatic rings. The van der Waals surface area contributed by atoms with Crippen molar-refractivity contribution >= 4 is 23.3 Å². The lowest BCUT2D eigenvalue weighted by Gasteiger charge is -2.17. The van der Waals surface area contributed by atoms with Gasteiger partial charge in [-0.25, -0.2) is 4.79 Å². The second-order valence-corrected chi connectivity index (χ2v) is 7.17. The molecule has 6 nitrogen and oxygen atoms in total. The lowest BCUT2D eigenvalue weighted by molar-refractivity contribution is -0.115. The maximum atomic E-state index is 12.1. The van der Waals surface area contributed by atoms with Crippen molar-refractivity contribution in [2.75, 3.05) is 36.8 Å². The Morgan fingerprint density at radius 2 is 2.04 bits per heavy atom. The largest absolute Gasteiger partial charge is 0.337 e. The first kappa shape index (κ1) is 17.5. The van der Waals surface area contributed by atoms with Crippen LogP contribution in [0.3, 0.4) is 0 Å². The minimum absolute atomic E-state index is 0.00831. The van der Waals surface area contributed by atoms with Crippen molar-refractivity contribution in [3.05, 3.63) is 59.7 Å². The van der Waals surface area contributed by atoms with Gasteiger partial charge in [-0.05, 0) is 48.2 Å². The molecule has 27 heavy (non-hydrogen) atoms. The highest BCUT2D eigenvalue weighted by Gasteiger charge is 2.23. The second-order valence-electron chi connectivity index (χ2n) is 7.17. The summed E-state index contributed by atoms with van der Waals surface area (Å²) in [6.07, 6.45) is 1.53.